The fourth-order valence-corrected chi connectivity index (χ4v) is 14.6. The third-order valence-corrected chi connectivity index (χ3v) is 18.4. The Kier molecular flexibility index (Phi) is 23.0. The van der Waals surface area contributed by atoms with Gasteiger partial charge >= 0.3 is 24.1 Å². The predicted molar refractivity (Wildman–Crippen MR) is 293 cm³/mol. The van der Waals surface area contributed by atoms with Crippen LogP contribution in [0.3, 0.4) is 0 Å². The zero-order chi connectivity index (χ0) is 56.0. The molecule has 4 aromatic rings. The van der Waals surface area contributed by atoms with E-state index in [1.54, 1.807) is 102 Å². The minimum atomic E-state index is -2.24. The molecule has 0 fully saturated rings. The number of carbonyl (C=O) groups excluding carboxylic acids is 6. The first-order chi connectivity index (χ1) is 34.3. The second-order valence-corrected chi connectivity index (χ2v) is 27.1. The fraction of sp³-hybridized carbons (Fsp3) is 0.434. The van der Waals surface area contributed by atoms with Crippen LogP contribution in [0.1, 0.15) is 115 Å². The molecule has 0 aliphatic heterocycles. The smallest absolute Gasteiger partial charge is 0.408 e. The van der Waals surface area contributed by atoms with Gasteiger partial charge in [0, 0.05) is 24.2 Å². The lowest BCUT2D eigenvalue weighted by atomic mass is 10.1. The van der Waals surface area contributed by atoms with Crippen molar-refractivity contribution in [1.82, 2.24) is 10.6 Å². The van der Waals surface area contributed by atoms with Gasteiger partial charge in [-0.25, -0.2) is 19.2 Å². The monoisotopic (exact) mass is 1120 g/mol. The normalized spacial score (nSPS) is 12.4. The number of ether oxygens (including phenoxy) is 4. The van der Waals surface area contributed by atoms with Crippen molar-refractivity contribution < 1.29 is 57.2 Å². The van der Waals surface area contributed by atoms with Gasteiger partial charge in [0.05, 0.1) is 45.4 Å². The molecular weight excluding hydrogens is 1050 g/mol. The molecule has 0 bridgehead atoms. The van der Waals surface area contributed by atoms with Crippen LogP contribution in [-0.2, 0) is 41.4 Å². The molecule has 4 rings (SSSR count). The molecular formula is C53H68Cl4N4O12Si. The van der Waals surface area contributed by atoms with Crippen molar-refractivity contribution in [3.63, 3.8) is 0 Å². The maximum atomic E-state index is 13.2. The van der Waals surface area contributed by atoms with E-state index >= 15 is 0 Å². The summed E-state index contributed by atoms with van der Waals surface area (Å²) in [5.74, 6) is -1.83. The number of carbonyl (C=O) groups is 6. The molecule has 0 aromatic heterocycles. The van der Waals surface area contributed by atoms with Crippen molar-refractivity contribution in [2.75, 3.05) is 24.9 Å². The Morgan fingerprint density at radius 2 is 0.851 bits per heavy atom. The number of aromatic hydroxyl groups is 1. The van der Waals surface area contributed by atoms with Crippen molar-refractivity contribution in [1.29, 1.82) is 0 Å². The minimum absolute atomic E-state index is 0.0123. The highest BCUT2D eigenvalue weighted by molar-refractivity contribution is 6.78. The van der Waals surface area contributed by atoms with E-state index in [0.717, 1.165) is 5.56 Å². The van der Waals surface area contributed by atoms with Crippen LogP contribution < -0.4 is 25.7 Å². The van der Waals surface area contributed by atoms with E-state index in [4.69, 9.17) is 69.8 Å². The number of benzene rings is 4. The third kappa shape index (κ3) is 18.6. The predicted octanol–water partition coefficient (Wildman–Crippen LogP) is 13.0. The molecule has 21 heteroatoms. The van der Waals surface area contributed by atoms with E-state index in [1.807, 2.05) is 0 Å². The fourth-order valence-electron chi connectivity index (χ4n) is 8.04. The molecule has 4 aromatic carbocycles. The number of esters is 2. The zero-order valence-corrected chi connectivity index (χ0v) is 48.2. The molecule has 2 atom stereocenters. The van der Waals surface area contributed by atoms with Gasteiger partial charge in [0.25, 0.3) is 20.1 Å². The topological polar surface area (TPSA) is 217 Å². The molecule has 0 radical (unpaired) electrons. The van der Waals surface area contributed by atoms with E-state index in [-0.39, 0.29) is 49.8 Å². The Labute approximate surface area is 454 Å². The standard InChI is InChI=1S/C31H44Cl2N2O6Si.C22H24Cl2N2O6/c1-18(2)42(19(3)4,20(5)6)41-23-16-24(32)27(25(33)17-23)28(36)34-22-13-11-21(12-14-22)15-26(29(37)39-10)35-30(38)40-31(7,8)9;1-22(2,3)32-21(30)26-17(20(29)31-4)9-12-5-7-13(8-6-12)25-19(28)18-15(23)10-14(27)11-16(18)24/h11-14,16-20,26H,15H2,1-10H3,(H,34,36)(H,35,38);5-8,10-11,17,27H,9H2,1-4H3,(H,25,28)(H,26,30)/t26-;17-/m00/s1. The maximum absolute atomic E-state index is 13.2. The van der Waals surface area contributed by atoms with Gasteiger partial charge in [0.2, 0.25) is 0 Å². The Morgan fingerprint density at radius 3 is 1.14 bits per heavy atom. The summed E-state index contributed by atoms with van der Waals surface area (Å²) in [5.41, 5.74) is 2.20. The highest BCUT2D eigenvalue weighted by atomic mass is 35.5. The molecule has 5 N–H and O–H groups in total. The number of hydrogen-bond acceptors (Lipinski definition) is 12. The lowest BCUT2D eigenvalue weighted by molar-refractivity contribution is -0.143. The lowest BCUT2D eigenvalue weighted by Gasteiger charge is -2.42. The van der Waals surface area contributed by atoms with Crippen LogP contribution in [0.2, 0.25) is 36.7 Å². The molecule has 0 heterocycles. The van der Waals surface area contributed by atoms with E-state index in [0.29, 0.717) is 39.3 Å². The second-order valence-electron chi connectivity index (χ2n) is 20.1. The van der Waals surface area contributed by atoms with Gasteiger partial charge < -0.3 is 49.7 Å². The summed E-state index contributed by atoms with van der Waals surface area (Å²) in [6, 6.07) is 17.3. The molecule has 0 spiro atoms. The molecule has 0 unspecified atom stereocenters. The van der Waals surface area contributed by atoms with Gasteiger partial charge in [-0.15, -0.1) is 0 Å². The summed E-state index contributed by atoms with van der Waals surface area (Å²) in [6.07, 6.45) is -1.15. The first-order valence-corrected chi connectivity index (χ1v) is 27.3. The van der Waals surface area contributed by atoms with E-state index in [9.17, 15) is 33.9 Å². The third-order valence-electron chi connectivity index (χ3n) is 11.2. The molecule has 0 saturated heterocycles. The number of halogens is 4. The van der Waals surface area contributed by atoms with Crippen LogP contribution in [0.4, 0.5) is 21.0 Å². The van der Waals surface area contributed by atoms with E-state index < -0.39 is 67.5 Å². The quantitative estimate of drug-likeness (QED) is 0.0379. The zero-order valence-electron chi connectivity index (χ0n) is 44.2. The first kappa shape index (κ1) is 62.6. The average Bonchev–Trinajstić information content (AvgIpc) is 3.26. The molecule has 4 amide bonds. The number of rotatable bonds is 17. The van der Waals surface area contributed by atoms with Crippen LogP contribution >= 0.6 is 46.4 Å². The summed E-state index contributed by atoms with van der Waals surface area (Å²) in [4.78, 5) is 74.3. The molecule has 0 aliphatic carbocycles. The van der Waals surface area contributed by atoms with E-state index in [2.05, 4.69) is 62.8 Å². The van der Waals surface area contributed by atoms with Crippen molar-refractivity contribution in [3.05, 3.63) is 115 Å². The number of phenols is 1. The van der Waals surface area contributed by atoms with Gasteiger partial charge in [-0.1, -0.05) is 112 Å². The summed E-state index contributed by atoms with van der Waals surface area (Å²) >= 11 is 25.2. The Morgan fingerprint density at radius 1 is 0.541 bits per heavy atom. The maximum Gasteiger partial charge on any atom is 0.408 e. The first-order valence-electron chi connectivity index (χ1n) is 23.6. The molecule has 0 saturated carbocycles. The van der Waals surface area contributed by atoms with Crippen molar-refractivity contribution in [2.24, 2.45) is 0 Å². The van der Waals surface area contributed by atoms with Crippen molar-refractivity contribution >= 4 is 102 Å². The van der Waals surface area contributed by atoms with E-state index in [1.165, 1.54) is 26.4 Å². The lowest BCUT2D eigenvalue weighted by Crippen LogP contribution is -2.50. The number of phenolic OH excluding ortho intramolecular Hbond substituents is 1. The number of methoxy groups -OCH3 is 2. The SMILES string of the molecule is COC(=O)[C@H](Cc1ccc(NC(=O)c2c(Cl)cc(O)cc2Cl)cc1)NC(=O)OC(C)(C)C.COC(=O)[C@H](Cc1ccc(NC(=O)c2c(Cl)cc(O[Si](C(C)C)(C(C)C)C(C)C)cc2Cl)cc1)NC(=O)OC(C)(C)C. The van der Waals surface area contributed by atoms with Crippen LogP contribution in [0.25, 0.3) is 0 Å². The van der Waals surface area contributed by atoms with Crippen molar-refractivity contribution in [3.8, 4) is 11.5 Å². The van der Waals surface area contributed by atoms with Gasteiger partial charge in [-0.3, -0.25) is 9.59 Å². The number of nitrogens with one attached hydrogen (secondary N) is 4. The van der Waals surface area contributed by atoms with Crippen LogP contribution in [0.15, 0.2) is 72.8 Å². The summed E-state index contributed by atoms with van der Waals surface area (Å²) in [5, 5.41) is 20.4. The number of anilines is 2. The van der Waals surface area contributed by atoms with Crippen LogP contribution in [-0.4, -0.2) is 86.9 Å². The highest BCUT2D eigenvalue weighted by Gasteiger charge is 2.47. The summed E-state index contributed by atoms with van der Waals surface area (Å²) in [6.45, 7) is 23.5. The van der Waals surface area contributed by atoms with Crippen molar-refractivity contribution in [2.45, 2.75) is 136 Å². The Hall–Kier alpha value is -5.72. The molecule has 404 valence electrons. The molecule has 74 heavy (non-hydrogen) atoms. The largest absolute Gasteiger partial charge is 0.543 e. The number of alkyl carbamates (subject to hydrolysis) is 2. The summed E-state index contributed by atoms with van der Waals surface area (Å²) < 4.78 is 26.7. The minimum Gasteiger partial charge on any atom is -0.543 e. The van der Waals surface area contributed by atoms with Gasteiger partial charge in [0.15, 0.2) is 0 Å². The average molecular weight is 1120 g/mol. The number of amides is 4. The van der Waals surface area contributed by atoms with Crippen LogP contribution in [0, 0.1) is 0 Å². The van der Waals surface area contributed by atoms with Gasteiger partial charge in [-0.2, -0.15) is 0 Å². The molecule has 0 aliphatic rings. The number of hydrogen-bond donors (Lipinski definition) is 5. The molecule has 16 nitrogen and oxygen atoms in total. The Bertz CT molecular complexity index is 2550. The highest BCUT2D eigenvalue weighted by Crippen LogP contribution is 2.44. The Balaban J connectivity index is 0.000000405. The second kappa shape index (κ2) is 27.2. The van der Waals surface area contributed by atoms with Gasteiger partial charge in [0.1, 0.15) is 34.8 Å². The summed E-state index contributed by atoms with van der Waals surface area (Å²) in [7, 11) is 0.230. The van der Waals surface area contributed by atoms with Crippen LogP contribution in [0.5, 0.6) is 11.5 Å². The van der Waals surface area contributed by atoms with Gasteiger partial charge in [-0.05, 0) is 118 Å².